The highest BCUT2D eigenvalue weighted by molar-refractivity contribution is 7.80. The first kappa shape index (κ1) is 29.3. The Bertz CT molecular complexity index is 1070. The van der Waals surface area contributed by atoms with Crippen LogP contribution in [0.15, 0.2) is 42.9 Å². The van der Waals surface area contributed by atoms with Gasteiger partial charge in [-0.15, -0.1) is 0 Å². The number of aliphatic carboxylic acids is 1. The lowest BCUT2D eigenvalue weighted by atomic mass is 10.0. The number of aromatic nitrogens is 2. The zero-order valence-electron chi connectivity index (χ0n) is 19.9. The third-order valence-corrected chi connectivity index (χ3v) is 5.72. The number of nitrogens with two attached hydrogens (primary N) is 2. The summed E-state index contributed by atoms with van der Waals surface area (Å²) in [5, 5.41) is 16.6. The monoisotopic (exact) mass is 533 g/mol. The summed E-state index contributed by atoms with van der Waals surface area (Å²) in [5.41, 5.74) is 12.5. The van der Waals surface area contributed by atoms with Crippen molar-refractivity contribution >= 4 is 42.2 Å². The van der Waals surface area contributed by atoms with Crippen LogP contribution in [0.2, 0.25) is 0 Å². The number of nitrogens with one attached hydrogen (secondary N) is 4. The lowest BCUT2D eigenvalue weighted by Crippen LogP contribution is -2.58. The van der Waals surface area contributed by atoms with Crippen molar-refractivity contribution in [2.24, 2.45) is 11.5 Å². The largest absolute Gasteiger partial charge is 0.480 e. The number of H-pyrrole nitrogens is 1. The summed E-state index contributed by atoms with van der Waals surface area (Å²) in [4.78, 5) is 68.1. The van der Waals surface area contributed by atoms with Crippen molar-refractivity contribution in [3.05, 3.63) is 54.1 Å². The van der Waals surface area contributed by atoms with Crippen molar-refractivity contribution in [2.75, 3.05) is 5.75 Å². The highest BCUT2D eigenvalue weighted by atomic mass is 32.1. The fourth-order valence-electron chi connectivity index (χ4n) is 3.35. The van der Waals surface area contributed by atoms with Gasteiger partial charge in [0.25, 0.3) is 0 Å². The minimum atomic E-state index is -1.30. The topological polar surface area (TPSA) is 222 Å². The Balaban J connectivity index is 2.16. The number of rotatable bonds is 15. The number of thiol groups is 1. The number of carboxylic acid groups (broad SMARTS) is 1. The van der Waals surface area contributed by atoms with Crippen molar-refractivity contribution in [1.82, 2.24) is 25.9 Å². The molecule has 1 aromatic carbocycles. The van der Waals surface area contributed by atoms with Crippen LogP contribution in [0.1, 0.15) is 24.1 Å². The Kier molecular flexibility index (Phi) is 11.6. The van der Waals surface area contributed by atoms with E-state index in [2.05, 4.69) is 38.5 Å². The Morgan fingerprint density at radius 2 is 1.57 bits per heavy atom. The molecular formula is C23H31N7O6S. The normalized spacial score (nSPS) is 14.0. The molecule has 0 fully saturated rings. The SMILES string of the molecule is NC(=O)CCC(NC(=O)C(N)Cc1ccccc1)C(=O)NC(Cc1cnc[nH]1)C(=O)NC(CS)C(=O)O. The van der Waals surface area contributed by atoms with E-state index in [-0.39, 0.29) is 31.4 Å². The molecule has 13 nitrogen and oxygen atoms in total. The molecule has 0 radical (unpaired) electrons. The number of hydrogen-bond acceptors (Lipinski definition) is 8. The first-order valence-corrected chi connectivity index (χ1v) is 12.0. The van der Waals surface area contributed by atoms with Crippen LogP contribution < -0.4 is 27.4 Å². The van der Waals surface area contributed by atoms with Crippen molar-refractivity contribution in [3.8, 4) is 0 Å². The van der Waals surface area contributed by atoms with Gasteiger partial charge in [0.05, 0.1) is 12.4 Å². The van der Waals surface area contributed by atoms with Gasteiger partial charge in [0.1, 0.15) is 18.1 Å². The third kappa shape index (κ3) is 9.93. The van der Waals surface area contributed by atoms with Gasteiger partial charge in [-0.25, -0.2) is 9.78 Å². The highest BCUT2D eigenvalue weighted by Crippen LogP contribution is 2.06. The summed E-state index contributed by atoms with van der Waals surface area (Å²) in [6.07, 6.45) is 2.61. The van der Waals surface area contributed by atoms with Gasteiger partial charge >= 0.3 is 5.97 Å². The molecule has 4 amide bonds. The van der Waals surface area contributed by atoms with Gasteiger partial charge in [-0.05, 0) is 18.4 Å². The Labute approximate surface area is 218 Å². The van der Waals surface area contributed by atoms with Gasteiger partial charge in [-0.3, -0.25) is 19.2 Å². The fourth-order valence-corrected chi connectivity index (χ4v) is 3.60. The molecule has 4 atom stereocenters. The van der Waals surface area contributed by atoms with E-state index in [4.69, 9.17) is 11.5 Å². The molecule has 0 aliphatic rings. The number of carboxylic acids is 1. The molecule has 200 valence electrons. The van der Waals surface area contributed by atoms with E-state index < -0.39 is 53.8 Å². The van der Waals surface area contributed by atoms with Gasteiger partial charge in [0.2, 0.25) is 23.6 Å². The Morgan fingerprint density at radius 3 is 2.14 bits per heavy atom. The van der Waals surface area contributed by atoms with E-state index in [9.17, 15) is 29.1 Å². The van der Waals surface area contributed by atoms with Crippen LogP contribution in [0.25, 0.3) is 0 Å². The van der Waals surface area contributed by atoms with Crippen LogP contribution in [-0.2, 0) is 36.8 Å². The lowest BCUT2D eigenvalue weighted by molar-refractivity contribution is -0.141. The average molecular weight is 534 g/mol. The van der Waals surface area contributed by atoms with Crippen LogP contribution in [0.3, 0.4) is 0 Å². The molecule has 0 bridgehead atoms. The molecule has 4 unspecified atom stereocenters. The van der Waals surface area contributed by atoms with Gasteiger partial charge in [-0.2, -0.15) is 12.6 Å². The number of carbonyl (C=O) groups excluding carboxylic acids is 4. The quantitative estimate of drug-likeness (QED) is 0.122. The molecule has 0 aliphatic heterocycles. The molecule has 0 aliphatic carbocycles. The zero-order chi connectivity index (χ0) is 27.4. The number of primary amides is 1. The minimum absolute atomic E-state index is 0.0551. The van der Waals surface area contributed by atoms with E-state index in [0.717, 1.165) is 5.56 Å². The number of nitrogens with zero attached hydrogens (tertiary/aromatic N) is 1. The van der Waals surface area contributed by atoms with E-state index in [1.54, 1.807) is 24.3 Å². The van der Waals surface area contributed by atoms with Gasteiger partial charge in [0, 0.05) is 30.5 Å². The minimum Gasteiger partial charge on any atom is -0.480 e. The summed E-state index contributed by atoms with van der Waals surface area (Å²) in [6.45, 7) is 0. The molecular weight excluding hydrogens is 502 g/mol. The van der Waals surface area contributed by atoms with Crippen LogP contribution in [0.5, 0.6) is 0 Å². The molecule has 37 heavy (non-hydrogen) atoms. The molecule has 9 N–H and O–H groups in total. The second-order valence-electron chi connectivity index (χ2n) is 8.29. The average Bonchev–Trinajstić information content (AvgIpc) is 3.37. The third-order valence-electron chi connectivity index (χ3n) is 5.36. The second kappa shape index (κ2) is 14.6. The van der Waals surface area contributed by atoms with E-state index in [0.29, 0.717) is 5.69 Å². The fraction of sp³-hybridized carbons (Fsp3) is 0.391. The Morgan fingerprint density at radius 1 is 0.946 bits per heavy atom. The number of imidazole rings is 1. The molecule has 0 saturated heterocycles. The molecule has 2 aromatic rings. The van der Waals surface area contributed by atoms with Crippen LogP contribution in [-0.4, -0.2) is 74.6 Å². The summed E-state index contributed by atoms with van der Waals surface area (Å²) in [5.74, 6) is -4.37. The van der Waals surface area contributed by atoms with Crippen LogP contribution in [0.4, 0.5) is 0 Å². The Hall–Kier alpha value is -3.91. The smallest absolute Gasteiger partial charge is 0.327 e. The second-order valence-corrected chi connectivity index (χ2v) is 8.65. The maximum atomic E-state index is 13.1. The maximum absolute atomic E-state index is 13.1. The maximum Gasteiger partial charge on any atom is 0.327 e. The standard InChI is InChI=1S/C23H31N7O6S/c24-15(8-13-4-2-1-3-5-13)20(32)28-16(6-7-19(25)31)21(33)29-17(9-14-10-26-12-27-14)22(34)30-18(11-37)23(35)36/h1-5,10,12,15-18,37H,6-9,11,24H2,(H2,25,31)(H,26,27)(H,28,32)(H,29,33)(H,30,34)(H,35,36). The number of carbonyl (C=O) groups is 5. The first-order chi connectivity index (χ1) is 17.6. The van der Waals surface area contributed by atoms with Gasteiger partial charge in [0.15, 0.2) is 0 Å². The van der Waals surface area contributed by atoms with E-state index in [1.807, 2.05) is 6.07 Å². The van der Waals surface area contributed by atoms with Crippen molar-refractivity contribution in [2.45, 2.75) is 49.9 Å². The predicted molar refractivity (Wildman–Crippen MR) is 136 cm³/mol. The van der Waals surface area contributed by atoms with Crippen LogP contribution >= 0.6 is 12.6 Å². The first-order valence-electron chi connectivity index (χ1n) is 11.4. The molecule has 2 rings (SSSR count). The van der Waals surface area contributed by atoms with E-state index >= 15 is 0 Å². The summed E-state index contributed by atoms with van der Waals surface area (Å²) in [6, 6.07) is 4.29. The number of hydrogen-bond donors (Lipinski definition) is 8. The molecule has 0 spiro atoms. The number of aromatic amines is 1. The molecule has 14 heteroatoms. The van der Waals surface area contributed by atoms with E-state index in [1.165, 1.54) is 12.5 Å². The number of amides is 4. The van der Waals surface area contributed by atoms with Crippen LogP contribution in [0, 0.1) is 0 Å². The predicted octanol–water partition coefficient (Wildman–Crippen LogP) is -1.74. The zero-order valence-corrected chi connectivity index (χ0v) is 20.8. The molecule has 1 aromatic heterocycles. The molecule has 0 saturated carbocycles. The molecule has 1 heterocycles. The summed E-state index contributed by atoms with van der Waals surface area (Å²) < 4.78 is 0. The van der Waals surface area contributed by atoms with Gasteiger partial charge < -0.3 is 37.5 Å². The van der Waals surface area contributed by atoms with Crippen molar-refractivity contribution in [1.29, 1.82) is 0 Å². The summed E-state index contributed by atoms with van der Waals surface area (Å²) in [7, 11) is 0. The van der Waals surface area contributed by atoms with Gasteiger partial charge in [-0.1, -0.05) is 30.3 Å². The number of benzene rings is 1. The van der Waals surface area contributed by atoms with Crippen molar-refractivity contribution in [3.63, 3.8) is 0 Å². The lowest BCUT2D eigenvalue weighted by Gasteiger charge is -2.24. The van der Waals surface area contributed by atoms with Crippen molar-refractivity contribution < 1.29 is 29.1 Å². The highest BCUT2D eigenvalue weighted by Gasteiger charge is 2.30. The summed E-state index contributed by atoms with van der Waals surface area (Å²) >= 11 is 3.93.